The number of nitrogens with one attached hydrogen (secondary N) is 1. The molecule has 184 valence electrons. The van der Waals surface area contributed by atoms with E-state index in [1.807, 2.05) is 37.3 Å². The van der Waals surface area contributed by atoms with E-state index in [1.165, 1.54) is 0 Å². The number of aliphatic hydroxyl groups is 1. The lowest BCUT2D eigenvalue weighted by molar-refractivity contribution is -0.478. The minimum Gasteiger partial charge on any atom is -0.494 e. The molecule has 8 nitrogen and oxygen atoms in total. The molecule has 2 atom stereocenters. The molecule has 0 radical (unpaired) electrons. The number of hydrogen-bond donors (Lipinski definition) is 2. The molecular formula is C26H33NO7. The van der Waals surface area contributed by atoms with Crippen LogP contribution in [-0.4, -0.2) is 49.6 Å². The van der Waals surface area contributed by atoms with Crippen LogP contribution in [0.25, 0.3) is 0 Å². The van der Waals surface area contributed by atoms with Gasteiger partial charge in [0.1, 0.15) is 24.5 Å². The molecule has 0 aliphatic carbocycles. The number of amides is 1. The van der Waals surface area contributed by atoms with Crippen LogP contribution in [0, 0.1) is 5.41 Å². The van der Waals surface area contributed by atoms with E-state index >= 15 is 0 Å². The van der Waals surface area contributed by atoms with E-state index in [0.29, 0.717) is 37.7 Å². The molecule has 0 spiro atoms. The van der Waals surface area contributed by atoms with Gasteiger partial charge in [-0.2, -0.15) is 0 Å². The standard InChI is InChI=1S/C26H33NO7/c1-3-4-14-30-21-12-10-20(11-13-21)22(28)23(26-32-16-25(2,17-33-26)18-34-26)27-24(29)31-15-19-8-6-5-7-9-19/h5-13,22-23,28H,3-4,14-18H2,1-2H3,(H,27,29)/t22-,23-,25?,26?/m0/s1. The Hall–Kier alpha value is -2.65. The molecule has 1 amide bonds. The van der Waals surface area contributed by atoms with Gasteiger partial charge in [-0.25, -0.2) is 4.79 Å². The van der Waals surface area contributed by atoms with Gasteiger partial charge in [-0.05, 0) is 29.7 Å². The first-order valence-electron chi connectivity index (χ1n) is 11.7. The Morgan fingerprint density at radius 1 is 1.06 bits per heavy atom. The van der Waals surface area contributed by atoms with Crippen LogP contribution in [0.4, 0.5) is 4.79 Å². The fourth-order valence-corrected chi connectivity index (χ4v) is 3.88. The zero-order valence-electron chi connectivity index (χ0n) is 19.7. The molecule has 2 bridgehead atoms. The maximum Gasteiger partial charge on any atom is 0.408 e. The minimum atomic E-state index is -1.61. The number of alkyl carbamates (subject to hydrolysis) is 1. The summed E-state index contributed by atoms with van der Waals surface area (Å²) in [7, 11) is 0. The van der Waals surface area contributed by atoms with Crippen molar-refractivity contribution in [3.8, 4) is 5.75 Å². The van der Waals surface area contributed by atoms with Gasteiger partial charge in [-0.15, -0.1) is 0 Å². The highest BCUT2D eigenvalue weighted by molar-refractivity contribution is 5.68. The Morgan fingerprint density at radius 2 is 1.71 bits per heavy atom. The fraction of sp³-hybridized carbons (Fsp3) is 0.500. The summed E-state index contributed by atoms with van der Waals surface area (Å²) in [4.78, 5) is 12.7. The fourth-order valence-electron chi connectivity index (χ4n) is 3.88. The number of benzene rings is 2. The molecule has 0 saturated carbocycles. The predicted molar refractivity (Wildman–Crippen MR) is 124 cm³/mol. The van der Waals surface area contributed by atoms with Crippen LogP contribution >= 0.6 is 0 Å². The van der Waals surface area contributed by atoms with E-state index in [0.717, 1.165) is 18.4 Å². The third-order valence-corrected chi connectivity index (χ3v) is 6.04. The molecule has 0 unspecified atom stereocenters. The van der Waals surface area contributed by atoms with Crippen LogP contribution in [0.1, 0.15) is 43.9 Å². The lowest BCUT2D eigenvalue weighted by Gasteiger charge is -2.53. The van der Waals surface area contributed by atoms with Crippen LogP contribution in [0.2, 0.25) is 0 Å². The smallest absolute Gasteiger partial charge is 0.408 e. The number of carbonyl (C=O) groups excluding carboxylic acids is 1. The highest BCUT2D eigenvalue weighted by Crippen LogP contribution is 2.42. The third-order valence-electron chi connectivity index (χ3n) is 6.04. The molecule has 34 heavy (non-hydrogen) atoms. The number of fused-ring (bicyclic) bond motifs is 3. The van der Waals surface area contributed by atoms with Crippen LogP contribution < -0.4 is 10.1 Å². The first-order valence-corrected chi connectivity index (χ1v) is 11.7. The normalized spacial score (nSPS) is 25.4. The summed E-state index contributed by atoms with van der Waals surface area (Å²) in [6, 6.07) is 15.4. The Morgan fingerprint density at radius 3 is 2.32 bits per heavy atom. The molecule has 3 heterocycles. The molecule has 3 saturated heterocycles. The van der Waals surface area contributed by atoms with E-state index in [4.69, 9.17) is 23.7 Å². The molecule has 3 aliphatic rings. The Kier molecular flexibility index (Phi) is 7.73. The summed E-state index contributed by atoms with van der Waals surface area (Å²) >= 11 is 0. The Labute approximate surface area is 200 Å². The second kappa shape index (κ2) is 10.7. The molecule has 2 aromatic rings. The molecule has 3 fully saturated rings. The topological polar surface area (TPSA) is 95.5 Å². The second-order valence-electron chi connectivity index (χ2n) is 9.18. The zero-order valence-corrected chi connectivity index (χ0v) is 19.7. The van der Waals surface area contributed by atoms with Crippen molar-refractivity contribution in [2.24, 2.45) is 5.41 Å². The lowest BCUT2D eigenvalue weighted by Crippen LogP contribution is -2.68. The van der Waals surface area contributed by atoms with Gasteiger partial charge < -0.3 is 34.1 Å². The summed E-state index contributed by atoms with van der Waals surface area (Å²) in [5.41, 5.74) is 1.14. The van der Waals surface area contributed by atoms with Crippen molar-refractivity contribution in [3.63, 3.8) is 0 Å². The van der Waals surface area contributed by atoms with E-state index in [9.17, 15) is 9.90 Å². The first-order chi connectivity index (χ1) is 16.4. The SMILES string of the molecule is CCCCOc1ccc([C@H](O)[C@H](NC(=O)OCc2ccccc2)C23OCC(C)(CO2)CO3)cc1. The van der Waals surface area contributed by atoms with Crippen LogP contribution in [0.3, 0.4) is 0 Å². The summed E-state index contributed by atoms with van der Waals surface area (Å²) in [6.45, 7) is 6.00. The van der Waals surface area contributed by atoms with Crippen molar-refractivity contribution >= 4 is 6.09 Å². The largest absolute Gasteiger partial charge is 0.494 e. The average Bonchev–Trinajstić information content (AvgIpc) is 2.87. The summed E-state index contributed by atoms with van der Waals surface area (Å²) in [5.74, 6) is -0.900. The monoisotopic (exact) mass is 471 g/mol. The lowest BCUT2D eigenvalue weighted by atomic mass is 9.90. The molecular weight excluding hydrogens is 438 g/mol. The van der Waals surface area contributed by atoms with Gasteiger partial charge in [0.2, 0.25) is 0 Å². The van der Waals surface area contributed by atoms with Gasteiger partial charge in [0.15, 0.2) is 0 Å². The molecule has 8 heteroatoms. The van der Waals surface area contributed by atoms with E-state index in [1.54, 1.807) is 24.3 Å². The van der Waals surface area contributed by atoms with Crippen LogP contribution in [0.15, 0.2) is 54.6 Å². The van der Waals surface area contributed by atoms with Gasteiger partial charge >= 0.3 is 12.1 Å². The van der Waals surface area contributed by atoms with Gasteiger partial charge in [0, 0.05) is 5.41 Å². The number of aliphatic hydroxyl groups excluding tert-OH is 1. The summed E-state index contributed by atoms with van der Waals surface area (Å²) < 4.78 is 28.9. The van der Waals surface area contributed by atoms with Gasteiger partial charge in [-0.3, -0.25) is 0 Å². The number of hydrogen-bond acceptors (Lipinski definition) is 7. The van der Waals surface area contributed by atoms with Crippen molar-refractivity contribution in [1.82, 2.24) is 5.32 Å². The second-order valence-corrected chi connectivity index (χ2v) is 9.18. The van der Waals surface area contributed by atoms with Gasteiger partial charge in [-0.1, -0.05) is 62.7 Å². The average molecular weight is 472 g/mol. The highest BCUT2D eigenvalue weighted by atomic mass is 16.9. The van der Waals surface area contributed by atoms with E-state index < -0.39 is 24.2 Å². The Balaban J connectivity index is 1.48. The first kappa shape index (κ1) is 24.5. The molecule has 3 aliphatic heterocycles. The maximum atomic E-state index is 12.7. The van der Waals surface area contributed by atoms with E-state index in [-0.39, 0.29) is 12.0 Å². The van der Waals surface area contributed by atoms with Gasteiger partial charge in [0.05, 0.1) is 26.4 Å². The number of rotatable bonds is 10. The summed E-state index contributed by atoms with van der Waals surface area (Å²) in [5, 5.41) is 14.0. The summed E-state index contributed by atoms with van der Waals surface area (Å²) in [6.07, 6.45) is 0.119. The van der Waals surface area contributed by atoms with Crippen LogP contribution in [-0.2, 0) is 25.6 Å². The Bertz CT molecular complexity index is 909. The highest BCUT2D eigenvalue weighted by Gasteiger charge is 2.57. The zero-order chi connectivity index (χ0) is 24.0. The van der Waals surface area contributed by atoms with Crippen molar-refractivity contribution in [2.75, 3.05) is 26.4 Å². The minimum absolute atomic E-state index is 0.0902. The number of ether oxygens (including phenoxy) is 5. The maximum absolute atomic E-state index is 12.7. The quantitative estimate of drug-likeness (QED) is 0.507. The predicted octanol–water partition coefficient (Wildman–Crippen LogP) is 3.93. The van der Waals surface area contributed by atoms with Crippen molar-refractivity contribution in [2.45, 2.75) is 51.4 Å². The van der Waals surface area contributed by atoms with Crippen molar-refractivity contribution < 1.29 is 33.6 Å². The number of carbonyl (C=O) groups is 1. The number of unbranched alkanes of at least 4 members (excludes halogenated alkanes) is 1. The van der Waals surface area contributed by atoms with Gasteiger partial charge in [0.25, 0.3) is 0 Å². The van der Waals surface area contributed by atoms with Crippen molar-refractivity contribution in [3.05, 3.63) is 65.7 Å². The third kappa shape index (κ3) is 5.70. The van der Waals surface area contributed by atoms with Crippen molar-refractivity contribution in [1.29, 1.82) is 0 Å². The molecule has 2 N–H and O–H groups in total. The molecule has 0 aromatic heterocycles. The molecule has 2 aromatic carbocycles. The van der Waals surface area contributed by atoms with E-state index in [2.05, 4.69) is 12.2 Å². The molecule has 5 rings (SSSR count). The van der Waals surface area contributed by atoms with Crippen LogP contribution in [0.5, 0.6) is 5.75 Å².